The second kappa shape index (κ2) is 70.3. The maximum Gasteiger partial charge on any atom is 0.472 e. The summed E-state index contributed by atoms with van der Waals surface area (Å²) in [7, 11) is -5.81. The number of phosphoric ester groups is 1. The first kappa shape index (κ1) is 110. The molecular formula is C93H173O25P. The number of hydrogen-bond donors (Lipinski definition) is 10. The Balaban J connectivity index is 1.92. The fraction of sp³-hybridized carbons (Fsp3) is 0.935. The van der Waals surface area contributed by atoms with Gasteiger partial charge in [0.2, 0.25) is 0 Å². The molecule has 119 heavy (non-hydrogen) atoms. The first-order chi connectivity index (χ1) is 57.5. The normalized spacial score (nSPS) is 25.4. The fourth-order valence-electron chi connectivity index (χ4n) is 16.2. The van der Waals surface area contributed by atoms with E-state index in [2.05, 4.69) is 53.7 Å². The van der Waals surface area contributed by atoms with Crippen molar-refractivity contribution in [2.24, 2.45) is 11.8 Å². The second-order valence-electron chi connectivity index (χ2n) is 35.1. The third kappa shape index (κ3) is 51.0. The van der Waals surface area contributed by atoms with Crippen LogP contribution in [0.15, 0.2) is 12.2 Å². The third-order valence-electron chi connectivity index (χ3n) is 24.1. The fourth-order valence-corrected chi connectivity index (χ4v) is 17.2. The summed E-state index contributed by atoms with van der Waals surface area (Å²) in [5.74, 6) is -1.64. The minimum atomic E-state index is -5.81. The van der Waals surface area contributed by atoms with Gasteiger partial charge in [-0.15, -0.1) is 0 Å². The highest BCUT2D eigenvalue weighted by molar-refractivity contribution is 7.47. The van der Waals surface area contributed by atoms with Crippen LogP contribution in [0.4, 0.5) is 0 Å². The van der Waals surface area contributed by atoms with Crippen LogP contribution >= 0.6 is 7.82 Å². The Labute approximate surface area is 718 Å². The standard InChI is InChI=1S/C93H173O25P/c1-7-11-15-19-23-25-27-29-30-32-33-35-37-47-56-64-77(96)110-70-75-81(100)83(102)87(106)93(114-75)117-90-88(115-79(98)66-58-50-42-40-46-54-62-72(6)60-52-44-22-18-14-10-4)84(103)85(104)89(116-92-86(105)82(101)80(99)74(67-94)113-92)91(90)118-119(107,108)111-69-73(112-78(97)65-57-49-38-36-34-31-28-26-24-20-16-12-8-2)68-109-76(95)63-55-48-41-39-45-53-61-71(5)59-51-43-21-17-13-9-3/h25,27,71-75,80-94,99-106H,7-24,26,28-70H2,1-6H3,(H,107,108)/b27-25-. The van der Waals surface area contributed by atoms with Gasteiger partial charge in [0, 0.05) is 25.7 Å². The molecule has 1 saturated carbocycles. The molecule has 10 N–H and O–H groups in total. The zero-order valence-electron chi connectivity index (χ0n) is 75.0. The molecule has 26 heteroatoms. The third-order valence-corrected chi connectivity index (χ3v) is 25.0. The molecule has 0 aromatic heterocycles. The van der Waals surface area contributed by atoms with Crippen molar-refractivity contribution in [2.45, 2.75) is 518 Å². The van der Waals surface area contributed by atoms with Gasteiger partial charge < -0.3 is 88.7 Å². The molecule has 3 aliphatic rings. The zero-order chi connectivity index (χ0) is 87.1. The number of rotatable bonds is 77. The quantitative estimate of drug-likeness (QED) is 0.00889. The SMILES string of the molecule is CCCCCC/C=C\CCCCCCCCCC(=O)OCC1OC(OC2C(OC(=O)CCCCCCCCC(C)CCCCCCCC)C(O)C(O)C(OC3OC(CO)C(O)C(O)C3O)C2OP(=O)(O)OCC(COC(=O)CCCCCCCCC(C)CCCCCCCC)OC(=O)CCCCCCCCCCCCCCC)C(O)C(O)C1O. The number of aliphatic hydroxyl groups is 9. The lowest BCUT2D eigenvalue weighted by atomic mass is 9.84. The van der Waals surface area contributed by atoms with Gasteiger partial charge in [-0.1, -0.05) is 349 Å². The lowest BCUT2D eigenvalue weighted by molar-refractivity contribution is -0.360. The molecule has 0 aromatic rings. The van der Waals surface area contributed by atoms with Crippen molar-refractivity contribution < 1.29 is 122 Å². The van der Waals surface area contributed by atoms with Gasteiger partial charge in [-0.25, -0.2) is 4.57 Å². The number of ether oxygens (including phenoxy) is 8. The Hall–Kier alpha value is -2.79. The van der Waals surface area contributed by atoms with Crippen LogP contribution in [0.2, 0.25) is 0 Å². The van der Waals surface area contributed by atoms with Crippen LogP contribution in [-0.4, -0.2) is 205 Å². The molecule has 3 rings (SSSR count). The molecule has 2 saturated heterocycles. The number of esters is 4. The van der Waals surface area contributed by atoms with Crippen molar-refractivity contribution >= 4 is 31.7 Å². The van der Waals surface area contributed by atoms with E-state index in [4.69, 9.17) is 46.9 Å². The molecule has 700 valence electrons. The lowest BCUT2D eigenvalue weighted by Gasteiger charge is -2.50. The molecule has 0 spiro atoms. The first-order valence-electron chi connectivity index (χ1n) is 48.2. The van der Waals surface area contributed by atoms with Gasteiger partial charge in [0.25, 0.3) is 0 Å². The Bertz CT molecular complexity index is 2550. The second-order valence-corrected chi connectivity index (χ2v) is 36.5. The van der Waals surface area contributed by atoms with E-state index in [0.717, 1.165) is 148 Å². The summed E-state index contributed by atoms with van der Waals surface area (Å²) in [6, 6.07) is 0. The summed E-state index contributed by atoms with van der Waals surface area (Å²) in [6.07, 6.45) is 26.3. The summed E-state index contributed by atoms with van der Waals surface area (Å²) in [4.78, 5) is 66.6. The van der Waals surface area contributed by atoms with E-state index in [-0.39, 0.29) is 25.7 Å². The van der Waals surface area contributed by atoms with Crippen LogP contribution in [0.3, 0.4) is 0 Å². The lowest BCUT2D eigenvalue weighted by Crippen LogP contribution is -2.70. The van der Waals surface area contributed by atoms with Crippen LogP contribution < -0.4 is 0 Å². The Kier molecular flexibility index (Phi) is 65.2. The van der Waals surface area contributed by atoms with Crippen LogP contribution in [0, 0.1) is 11.8 Å². The molecule has 0 bridgehead atoms. The van der Waals surface area contributed by atoms with Crippen molar-refractivity contribution in [3.05, 3.63) is 12.2 Å². The van der Waals surface area contributed by atoms with Gasteiger partial charge in [0.1, 0.15) is 92.6 Å². The molecule has 1 aliphatic carbocycles. The molecule has 3 fully saturated rings. The smallest absolute Gasteiger partial charge is 0.463 e. The largest absolute Gasteiger partial charge is 0.472 e. The topological polar surface area (TPSA) is 380 Å². The summed E-state index contributed by atoms with van der Waals surface area (Å²) < 4.78 is 73.6. The Morgan fingerprint density at radius 3 is 1.09 bits per heavy atom. The van der Waals surface area contributed by atoms with E-state index in [1.54, 1.807) is 0 Å². The van der Waals surface area contributed by atoms with E-state index in [9.17, 15) is 74.6 Å². The number of phosphoric acid groups is 1. The highest BCUT2D eigenvalue weighted by Crippen LogP contribution is 2.49. The van der Waals surface area contributed by atoms with Crippen LogP contribution in [0.5, 0.6) is 0 Å². The number of unbranched alkanes of at least 4 members (excludes halogenated alkanes) is 43. The molecule has 0 aromatic carbocycles. The number of aliphatic hydroxyl groups excluding tert-OH is 9. The van der Waals surface area contributed by atoms with Crippen LogP contribution in [-0.2, 0) is 70.7 Å². The highest BCUT2D eigenvalue weighted by Gasteiger charge is 2.60. The van der Waals surface area contributed by atoms with Crippen molar-refractivity contribution in [3.63, 3.8) is 0 Å². The van der Waals surface area contributed by atoms with E-state index in [1.807, 2.05) is 0 Å². The van der Waals surface area contributed by atoms with Crippen molar-refractivity contribution in [2.75, 3.05) is 26.4 Å². The van der Waals surface area contributed by atoms with Gasteiger partial charge in [-0.3, -0.25) is 28.2 Å². The minimum Gasteiger partial charge on any atom is -0.463 e. The van der Waals surface area contributed by atoms with Crippen molar-refractivity contribution in [3.8, 4) is 0 Å². The van der Waals surface area contributed by atoms with Gasteiger partial charge in [0.05, 0.1) is 13.2 Å². The van der Waals surface area contributed by atoms with E-state index in [1.165, 1.54) is 167 Å². The number of allylic oxidation sites excluding steroid dienone is 2. The number of carbonyl (C=O) groups is 4. The van der Waals surface area contributed by atoms with Crippen LogP contribution in [0.25, 0.3) is 0 Å². The summed E-state index contributed by atoms with van der Waals surface area (Å²) in [6.45, 7) is 10.2. The van der Waals surface area contributed by atoms with Crippen molar-refractivity contribution in [1.29, 1.82) is 0 Å². The summed E-state index contributed by atoms with van der Waals surface area (Å²) >= 11 is 0. The molecule has 0 amide bonds. The molecule has 2 heterocycles. The zero-order valence-corrected chi connectivity index (χ0v) is 75.9. The van der Waals surface area contributed by atoms with Crippen molar-refractivity contribution in [1.82, 2.24) is 0 Å². The van der Waals surface area contributed by atoms with E-state index < -0.39 is 162 Å². The summed E-state index contributed by atoms with van der Waals surface area (Å²) in [5, 5.41) is 102. The maximum absolute atomic E-state index is 14.9. The van der Waals surface area contributed by atoms with Gasteiger partial charge in [-0.05, 0) is 63.2 Å². The average Bonchev–Trinajstić information content (AvgIpc) is 0.754. The molecule has 25 nitrogen and oxygen atoms in total. The monoisotopic (exact) mass is 1720 g/mol. The predicted octanol–water partition coefficient (Wildman–Crippen LogP) is 18.0. The first-order valence-corrected chi connectivity index (χ1v) is 49.7. The van der Waals surface area contributed by atoms with E-state index in [0.29, 0.717) is 43.9 Å². The highest BCUT2D eigenvalue weighted by atomic mass is 31.2. The Morgan fingerprint density at radius 2 is 0.681 bits per heavy atom. The minimum absolute atomic E-state index is 0.0101. The predicted molar refractivity (Wildman–Crippen MR) is 462 cm³/mol. The molecule has 20 unspecified atom stereocenters. The summed E-state index contributed by atoms with van der Waals surface area (Å²) in [5.41, 5.74) is 0. The molecule has 0 radical (unpaired) electrons. The van der Waals surface area contributed by atoms with Crippen LogP contribution in [0.1, 0.15) is 414 Å². The Morgan fingerprint density at radius 1 is 0.353 bits per heavy atom. The number of carbonyl (C=O) groups excluding carboxylic acids is 4. The average molecular weight is 1720 g/mol. The maximum atomic E-state index is 14.9. The number of hydrogen-bond acceptors (Lipinski definition) is 24. The van der Waals surface area contributed by atoms with Gasteiger partial charge in [0.15, 0.2) is 24.8 Å². The molecule has 20 atom stereocenters. The molecular weight excluding hydrogens is 1550 g/mol. The molecule has 2 aliphatic heterocycles. The van der Waals surface area contributed by atoms with Gasteiger partial charge >= 0.3 is 31.7 Å². The van der Waals surface area contributed by atoms with E-state index >= 15 is 0 Å². The van der Waals surface area contributed by atoms with Gasteiger partial charge in [-0.2, -0.15) is 0 Å².